The van der Waals surface area contributed by atoms with E-state index in [-0.39, 0.29) is 24.1 Å². The number of amides is 3. The number of nitrogens with zero attached hydrogens (tertiary/aromatic N) is 3. The van der Waals surface area contributed by atoms with Gasteiger partial charge in [0, 0.05) is 32.7 Å². The molecule has 35 heavy (non-hydrogen) atoms. The fraction of sp³-hybridized carbons (Fsp3) is 0.385. The molecule has 3 amide bonds. The van der Waals surface area contributed by atoms with E-state index in [0.717, 1.165) is 11.3 Å². The molecular formula is C26H32FN5O3. The monoisotopic (exact) mass is 481 g/mol. The van der Waals surface area contributed by atoms with Crippen molar-refractivity contribution in [2.75, 3.05) is 37.6 Å². The largest absolute Gasteiger partial charge is 0.367 e. The Balaban J connectivity index is 1.56. The van der Waals surface area contributed by atoms with E-state index in [1.54, 1.807) is 11.0 Å². The van der Waals surface area contributed by atoms with Crippen molar-refractivity contribution in [2.45, 2.75) is 31.7 Å². The number of nitrogens with one attached hydrogen (secondary N) is 2. The van der Waals surface area contributed by atoms with Crippen molar-refractivity contribution < 1.29 is 18.8 Å². The van der Waals surface area contributed by atoms with Gasteiger partial charge in [-0.3, -0.25) is 14.4 Å². The summed E-state index contributed by atoms with van der Waals surface area (Å²) in [5, 5.41) is 5.65. The molecule has 1 saturated heterocycles. The number of anilines is 1. The SMILES string of the molecule is C=CC(=O)NCCCCC(NC(=O)Cc1ccccc1)C(=O)N1CCN(c2ccc(F)nc2)CC1. The average Bonchev–Trinajstić information content (AvgIpc) is 2.88. The molecule has 1 aromatic carbocycles. The maximum absolute atomic E-state index is 13.3. The van der Waals surface area contributed by atoms with Crippen LogP contribution in [0.15, 0.2) is 61.3 Å². The van der Waals surface area contributed by atoms with Gasteiger partial charge < -0.3 is 20.4 Å². The van der Waals surface area contributed by atoms with Crippen LogP contribution in [0.4, 0.5) is 10.1 Å². The zero-order valence-corrected chi connectivity index (χ0v) is 19.8. The van der Waals surface area contributed by atoms with Gasteiger partial charge in [0.25, 0.3) is 0 Å². The van der Waals surface area contributed by atoms with Crippen LogP contribution in [-0.2, 0) is 20.8 Å². The Morgan fingerprint density at radius 3 is 2.46 bits per heavy atom. The molecule has 1 aliphatic heterocycles. The Morgan fingerprint density at radius 2 is 1.80 bits per heavy atom. The fourth-order valence-corrected chi connectivity index (χ4v) is 4.00. The van der Waals surface area contributed by atoms with Crippen LogP contribution in [0, 0.1) is 5.95 Å². The standard InChI is InChI=1S/C26H32FN5O3/c1-2-24(33)28-13-7-6-10-22(30-25(34)18-20-8-4-3-5-9-20)26(35)32-16-14-31(15-17-32)21-11-12-23(27)29-19-21/h2-5,8-9,11-12,19,22H,1,6-7,10,13-18H2,(H,28,33)(H,30,34). The Morgan fingerprint density at radius 1 is 1.06 bits per heavy atom. The van der Waals surface area contributed by atoms with E-state index in [1.807, 2.05) is 30.3 Å². The van der Waals surface area contributed by atoms with Crippen molar-refractivity contribution in [2.24, 2.45) is 0 Å². The second-order valence-electron chi connectivity index (χ2n) is 8.42. The van der Waals surface area contributed by atoms with Gasteiger partial charge in [-0.25, -0.2) is 4.98 Å². The van der Waals surface area contributed by atoms with Crippen LogP contribution in [0.5, 0.6) is 0 Å². The summed E-state index contributed by atoms with van der Waals surface area (Å²) in [5.41, 5.74) is 1.69. The highest BCUT2D eigenvalue weighted by molar-refractivity contribution is 5.88. The van der Waals surface area contributed by atoms with E-state index in [9.17, 15) is 18.8 Å². The Labute approximate surface area is 205 Å². The first-order valence-corrected chi connectivity index (χ1v) is 11.8. The van der Waals surface area contributed by atoms with Crippen molar-refractivity contribution in [1.29, 1.82) is 0 Å². The molecule has 0 aliphatic carbocycles. The third-order valence-electron chi connectivity index (χ3n) is 5.91. The van der Waals surface area contributed by atoms with E-state index in [4.69, 9.17) is 0 Å². The first-order chi connectivity index (χ1) is 17.0. The van der Waals surface area contributed by atoms with Crippen molar-refractivity contribution in [3.63, 3.8) is 0 Å². The first kappa shape index (κ1) is 25.9. The predicted octanol–water partition coefficient (Wildman–Crippen LogP) is 2.07. The highest BCUT2D eigenvalue weighted by Crippen LogP contribution is 2.16. The van der Waals surface area contributed by atoms with E-state index < -0.39 is 12.0 Å². The van der Waals surface area contributed by atoms with Crippen molar-refractivity contribution in [1.82, 2.24) is 20.5 Å². The van der Waals surface area contributed by atoms with Gasteiger partial charge in [-0.15, -0.1) is 0 Å². The number of rotatable bonds is 11. The maximum Gasteiger partial charge on any atom is 0.245 e. The normalized spacial score (nSPS) is 14.2. The lowest BCUT2D eigenvalue weighted by molar-refractivity contribution is -0.136. The molecule has 1 atom stereocenters. The molecule has 2 heterocycles. The van der Waals surface area contributed by atoms with Gasteiger partial charge >= 0.3 is 0 Å². The van der Waals surface area contributed by atoms with Crippen molar-refractivity contribution in [3.8, 4) is 0 Å². The van der Waals surface area contributed by atoms with Crippen molar-refractivity contribution >= 4 is 23.4 Å². The van der Waals surface area contributed by atoms with Gasteiger partial charge in [0.1, 0.15) is 6.04 Å². The third-order valence-corrected chi connectivity index (χ3v) is 5.91. The number of hydrogen-bond donors (Lipinski definition) is 2. The molecule has 1 fully saturated rings. The fourth-order valence-electron chi connectivity index (χ4n) is 4.00. The molecule has 3 rings (SSSR count). The lowest BCUT2D eigenvalue weighted by Crippen LogP contribution is -2.55. The van der Waals surface area contributed by atoms with Gasteiger partial charge in [0.05, 0.1) is 18.3 Å². The summed E-state index contributed by atoms with van der Waals surface area (Å²) in [6.07, 6.45) is 4.74. The summed E-state index contributed by atoms with van der Waals surface area (Å²) in [7, 11) is 0. The molecule has 1 unspecified atom stereocenters. The van der Waals surface area contributed by atoms with E-state index in [2.05, 4.69) is 27.1 Å². The highest BCUT2D eigenvalue weighted by atomic mass is 19.1. The van der Waals surface area contributed by atoms with Gasteiger partial charge in [-0.05, 0) is 43.0 Å². The maximum atomic E-state index is 13.3. The molecule has 0 saturated carbocycles. The minimum atomic E-state index is -0.639. The summed E-state index contributed by atoms with van der Waals surface area (Å²) >= 11 is 0. The highest BCUT2D eigenvalue weighted by Gasteiger charge is 2.28. The molecule has 0 bridgehead atoms. The lowest BCUT2D eigenvalue weighted by atomic mass is 10.1. The number of aromatic nitrogens is 1. The second-order valence-corrected chi connectivity index (χ2v) is 8.42. The van der Waals surface area contributed by atoms with Gasteiger partial charge in [0.15, 0.2) is 0 Å². The summed E-state index contributed by atoms with van der Waals surface area (Å²) in [5.74, 6) is -1.08. The molecule has 186 valence electrons. The Bertz CT molecular complexity index is 992. The number of carbonyl (C=O) groups excluding carboxylic acids is 3. The molecular weight excluding hydrogens is 449 g/mol. The number of carbonyl (C=O) groups is 3. The van der Waals surface area contributed by atoms with Gasteiger partial charge in [-0.2, -0.15) is 4.39 Å². The Hall–Kier alpha value is -3.75. The molecule has 9 heteroatoms. The number of piperazine rings is 1. The van der Waals surface area contributed by atoms with Crippen LogP contribution in [0.3, 0.4) is 0 Å². The molecule has 2 N–H and O–H groups in total. The first-order valence-electron chi connectivity index (χ1n) is 11.8. The topological polar surface area (TPSA) is 94.6 Å². The molecule has 2 aromatic rings. The third kappa shape index (κ3) is 8.20. The van der Waals surface area contributed by atoms with E-state index >= 15 is 0 Å². The van der Waals surface area contributed by atoms with Crippen molar-refractivity contribution in [3.05, 3.63) is 72.8 Å². The number of hydrogen-bond acceptors (Lipinski definition) is 5. The Kier molecular flexibility index (Phi) is 9.77. The zero-order chi connectivity index (χ0) is 25.0. The second kappa shape index (κ2) is 13.2. The van der Waals surface area contributed by atoms with Crippen LogP contribution >= 0.6 is 0 Å². The van der Waals surface area contributed by atoms with Crippen LogP contribution in [0.25, 0.3) is 0 Å². The quantitative estimate of drug-likeness (QED) is 0.291. The van der Waals surface area contributed by atoms with E-state index in [1.165, 1.54) is 18.3 Å². The molecule has 1 aromatic heterocycles. The minimum Gasteiger partial charge on any atom is -0.367 e. The van der Waals surface area contributed by atoms with Crippen LogP contribution in [0.1, 0.15) is 24.8 Å². The number of benzene rings is 1. The molecule has 1 aliphatic rings. The zero-order valence-electron chi connectivity index (χ0n) is 19.8. The number of unbranched alkanes of at least 4 members (excludes halogenated alkanes) is 1. The van der Waals surface area contributed by atoms with Gasteiger partial charge in [0.2, 0.25) is 23.7 Å². The summed E-state index contributed by atoms with van der Waals surface area (Å²) in [4.78, 5) is 44.9. The van der Waals surface area contributed by atoms with Crippen LogP contribution in [0.2, 0.25) is 0 Å². The summed E-state index contributed by atoms with van der Waals surface area (Å²) in [6.45, 7) is 6.09. The molecule has 0 spiro atoms. The average molecular weight is 482 g/mol. The van der Waals surface area contributed by atoms with Crippen LogP contribution in [-0.4, -0.2) is 66.4 Å². The number of halogens is 1. The summed E-state index contributed by atoms with van der Waals surface area (Å²) < 4.78 is 13.1. The molecule has 8 nitrogen and oxygen atoms in total. The predicted molar refractivity (Wildman–Crippen MR) is 132 cm³/mol. The molecule has 0 radical (unpaired) electrons. The van der Waals surface area contributed by atoms with Crippen LogP contribution < -0.4 is 15.5 Å². The lowest BCUT2D eigenvalue weighted by Gasteiger charge is -2.37. The summed E-state index contributed by atoms with van der Waals surface area (Å²) in [6, 6.07) is 11.8. The minimum absolute atomic E-state index is 0.113. The number of pyridine rings is 1. The van der Waals surface area contributed by atoms with Gasteiger partial charge in [-0.1, -0.05) is 36.9 Å². The van der Waals surface area contributed by atoms with E-state index in [0.29, 0.717) is 52.0 Å². The smallest absolute Gasteiger partial charge is 0.245 e.